The molecule has 0 saturated carbocycles. The molecule has 1 aliphatic heterocycles. The first kappa shape index (κ1) is 24.0. The van der Waals surface area contributed by atoms with E-state index in [4.69, 9.17) is 13.9 Å². The van der Waals surface area contributed by atoms with Crippen molar-refractivity contribution in [2.45, 2.75) is 19.9 Å². The van der Waals surface area contributed by atoms with Crippen molar-refractivity contribution in [3.8, 4) is 5.75 Å². The van der Waals surface area contributed by atoms with Crippen LogP contribution in [0, 0.1) is 6.92 Å². The van der Waals surface area contributed by atoms with Crippen LogP contribution in [0.2, 0.25) is 0 Å². The number of nitrogens with zero attached hydrogens (tertiary/aromatic N) is 2. The van der Waals surface area contributed by atoms with Gasteiger partial charge in [0.1, 0.15) is 34.8 Å². The third-order valence-electron chi connectivity index (χ3n) is 5.20. The molecule has 1 atom stereocenters. The molecule has 35 heavy (non-hydrogen) atoms. The third kappa shape index (κ3) is 4.47. The number of hydrogen-bond acceptors (Lipinski definition) is 9. The highest BCUT2D eigenvalue weighted by molar-refractivity contribution is 7.17. The zero-order valence-electron chi connectivity index (χ0n) is 19.0. The Morgan fingerprint density at radius 3 is 2.66 bits per heavy atom. The zero-order chi connectivity index (χ0) is 25.1. The monoisotopic (exact) mass is 494 g/mol. The van der Waals surface area contributed by atoms with Crippen molar-refractivity contribution < 1.29 is 33.4 Å². The molecule has 9 nitrogen and oxygen atoms in total. The zero-order valence-corrected chi connectivity index (χ0v) is 19.8. The Morgan fingerprint density at radius 1 is 1.29 bits per heavy atom. The maximum atomic E-state index is 13.2. The lowest BCUT2D eigenvalue weighted by Crippen LogP contribution is -2.29. The molecular weight excluding hydrogens is 472 g/mol. The summed E-state index contributed by atoms with van der Waals surface area (Å²) in [6.07, 6.45) is 3.00. The normalized spacial score (nSPS) is 17.0. The molecule has 180 valence electrons. The third-order valence-corrected chi connectivity index (χ3v) is 6.34. The van der Waals surface area contributed by atoms with E-state index in [0.717, 1.165) is 16.2 Å². The van der Waals surface area contributed by atoms with Gasteiger partial charge < -0.3 is 19.0 Å². The number of Topliss-reactive ketones (excluding diaryl/α,β-unsaturated/α-hetero) is 1. The Bertz CT molecular complexity index is 1310. The molecule has 0 radical (unpaired) electrons. The van der Waals surface area contributed by atoms with Crippen LogP contribution in [-0.4, -0.2) is 41.0 Å². The van der Waals surface area contributed by atoms with Crippen LogP contribution >= 0.6 is 11.3 Å². The van der Waals surface area contributed by atoms with Crippen molar-refractivity contribution in [2.75, 3.05) is 18.1 Å². The molecule has 3 aromatic rings. The number of hydrogen-bond donors (Lipinski definition) is 1. The quantitative estimate of drug-likeness (QED) is 0.161. The number of anilines is 1. The highest BCUT2D eigenvalue weighted by Gasteiger charge is 2.49. The number of furan rings is 1. The van der Waals surface area contributed by atoms with Gasteiger partial charge in [-0.15, -0.1) is 0 Å². The smallest absolute Gasteiger partial charge is 0.350 e. The second-order valence-electron chi connectivity index (χ2n) is 7.44. The van der Waals surface area contributed by atoms with E-state index in [1.54, 1.807) is 56.3 Å². The van der Waals surface area contributed by atoms with Gasteiger partial charge in [0.15, 0.2) is 5.13 Å². The largest absolute Gasteiger partial charge is 0.507 e. The number of amides is 1. The number of carbonyl (C=O) groups is 3. The van der Waals surface area contributed by atoms with E-state index < -0.39 is 23.7 Å². The van der Waals surface area contributed by atoms with Crippen LogP contribution in [0.1, 0.15) is 39.7 Å². The van der Waals surface area contributed by atoms with E-state index in [0.29, 0.717) is 23.6 Å². The molecule has 10 heteroatoms. The number of aliphatic hydroxyl groups is 1. The second-order valence-corrected chi connectivity index (χ2v) is 8.42. The molecule has 0 bridgehead atoms. The van der Waals surface area contributed by atoms with E-state index >= 15 is 0 Å². The number of ketones is 1. The van der Waals surface area contributed by atoms with Gasteiger partial charge in [0, 0.05) is 5.56 Å². The average molecular weight is 495 g/mol. The summed E-state index contributed by atoms with van der Waals surface area (Å²) in [5.74, 6) is -1.94. The Kier molecular flexibility index (Phi) is 6.83. The number of aliphatic hydroxyl groups excluding tert-OH is 1. The highest BCUT2D eigenvalue weighted by Crippen LogP contribution is 2.44. The number of thiazole rings is 1. The summed E-state index contributed by atoms with van der Waals surface area (Å²) in [6, 6.07) is 8.54. The van der Waals surface area contributed by atoms with Gasteiger partial charge in [-0.05, 0) is 50.2 Å². The maximum absolute atomic E-state index is 13.2. The standard InChI is InChI=1S/C25H22N2O7S/c1-4-12-33-16-10-8-15(9-11-16)20(28)18-19(17-7-6-13-34-17)27(23(30)21(18)29)25-26-14(3)22(35-25)24(31)32-5-2/h4,6-11,13,19,28H,1,5,12H2,2-3H3. The fourth-order valence-electron chi connectivity index (χ4n) is 3.64. The summed E-state index contributed by atoms with van der Waals surface area (Å²) in [6.45, 7) is 7.39. The summed E-state index contributed by atoms with van der Waals surface area (Å²) in [5, 5.41) is 11.2. The number of benzene rings is 1. The molecule has 4 rings (SSSR count). The van der Waals surface area contributed by atoms with Gasteiger partial charge in [-0.2, -0.15) is 0 Å². The summed E-state index contributed by atoms with van der Waals surface area (Å²) in [4.78, 5) is 44.3. The number of rotatable bonds is 8. The Hall–Kier alpha value is -4.18. The van der Waals surface area contributed by atoms with Crippen LogP contribution < -0.4 is 9.64 Å². The van der Waals surface area contributed by atoms with Crippen LogP contribution in [0.3, 0.4) is 0 Å². The molecule has 1 unspecified atom stereocenters. The number of carbonyl (C=O) groups excluding carboxylic acids is 3. The lowest BCUT2D eigenvalue weighted by molar-refractivity contribution is -0.132. The van der Waals surface area contributed by atoms with Crippen LogP contribution in [-0.2, 0) is 14.3 Å². The molecule has 1 aliphatic rings. The second kappa shape index (κ2) is 9.98. The minimum absolute atomic E-state index is 0.112. The maximum Gasteiger partial charge on any atom is 0.350 e. The first-order valence-electron chi connectivity index (χ1n) is 10.7. The van der Waals surface area contributed by atoms with E-state index in [1.807, 2.05) is 0 Å². The SMILES string of the molecule is C=CCOc1ccc(C(O)=C2C(=O)C(=O)N(c3nc(C)c(C(=O)OCC)s3)C2c2ccco2)cc1. The Labute approximate surface area is 204 Å². The summed E-state index contributed by atoms with van der Waals surface area (Å²) >= 11 is 0.927. The summed E-state index contributed by atoms with van der Waals surface area (Å²) in [5.41, 5.74) is 0.516. The van der Waals surface area contributed by atoms with E-state index in [9.17, 15) is 19.5 Å². The van der Waals surface area contributed by atoms with Crippen LogP contribution in [0.4, 0.5) is 5.13 Å². The van der Waals surface area contributed by atoms with E-state index in [1.165, 1.54) is 6.26 Å². The average Bonchev–Trinajstić information content (AvgIpc) is 3.57. The van der Waals surface area contributed by atoms with E-state index in [-0.39, 0.29) is 33.7 Å². The minimum Gasteiger partial charge on any atom is -0.507 e. The van der Waals surface area contributed by atoms with Crippen molar-refractivity contribution in [2.24, 2.45) is 0 Å². The van der Waals surface area contributed by atoms with Crippen molar-refractivity contribution in [1.82, 2.24) is 4.98 Å². The minimum atomic E-state index is -1.08. The number of ether oxygens (including phenoxy) is 2. The van der Waals surface area contributed by atoms with Gasteiger partial charge in [-0.3, -0.25) is 14.5 Å². The number of esters is 1. The van der Waals surface area contributed by atoms with Crippen LogP contribution in [0.15, 0.2) is 65.3 Å². The lowest BCUT2D eigenvalue weighted by atomic mass is 9.99. The predicted octanol–water partition coefficient (Wildman–Crippen LogP) is 4.41. The summed E-state index contributed by atoms with van der Waals surface area (Å²) in [7, 11) is 0. The lowest BCUT2D eigenvalue weighted by Gasteiger charge is -2.20. The first-order chi connectivity index (χ1) is 16.9. The summed E-state index contributed by atoms with van der Waals surface area (Å²) < 4.78 is 16.0. The Balaban J connectivity index is 1.80. The molecule has 1 aromatic carbocycles. The number of aromatic nitrogens is 1. The molecule has 3 heterocycles. The molecule has 0 aliphatic carbocycles. The topological polar surface area (TPSA) is 119 Å². The van der Waals surface area contributed by atoms with Crippen molar-refractivity contribution >= 4 is 39.9 Å². The molecule has 1 N–H and O–H groups in total. The molecule has 0 spiro atoms. The van der Waals surface area contributed by atoms with E-state index in [2.05, 4.69) is 11.6 Å². The van der Waals surface area contributed by atoms with Gasteiger partial charge in [0.25, 0.3) is 5.78 Å². The molecule has 2 aromatic heterocycles. The highest BCUT2D eigenvalue weighted by atomic mass is 32.1. The van der Waals surface area contributed by atoms with Crippen molar-refractivity contribution in [3.05, 3.63) is 82.8 Å². The van der Waals surface area contributed by atoms with Gasteiger partial charge >= 0.3 is 11.9 Å². The van der Waals surface area contributed by atoms with Gasteiger partial charge in [-0.1, -0.05) is 24.0 Å². The van der Waals surface area contributed by atoms with Gasteiger partial charge in [0.2, 0.25) is 0 Å². The van der Waals surface area contributed by atoms with Crippen molar-refractivity contribution in [3.63, 3.8) is 0 Å². The molecular formula is C25H22N2O7S. The molecule has 1 saturated heterocycles. The molecule has 1 fully saturated rings. The van der Waals surface area contributed by atoms with Gasteiger partial charge in [0.05, 0.1) is 24.1 Å². The van der Waals surface area contributed by atoms with Crippen LogP contribution in [0.25, 0.3) is 5.76 Å². The van der Waals surface area contributed by atoms with Crippen molar-refractivity contribution in [1.29, 1.82) is 0 Å². The fourth-order valence-corrected chi connectivity index (χ4v) is 4.62. The first-order valence-corrected chi connectivity index (χ1v) is 11.5. The Morgan fingerprint density at radius 2 is 2.03 bits per heavy atom. The van der Waals surface area contributed by atoms with Gasteiger partial charge in [-0.25, -0.2) is 9.78 Å². The number of aryl methyl sites for hydroxylation is 1. The van der Waals surface area contributed by atoms with Crippen LogP contribution in [0.5, 0.6) is 5.75 Å². The predicted molar refractivity (Wildman–Crippen MR) is 128 cm³/mol. The molecule has 1 amide bonds. The fraction of sp³-hybridized carbons (Fsp3) is 0.200.